The van der Waals surface area contributed by atoms with Crippen LogP contribution in [0.4, 0.5) is 0 Å². The minimum atomic E-state index is 0.207. The quantitative estimate of drug-likeness (QED) is 0.823. The Hall–Kier alpha value is -1.02. The molecular weight excluding hydrogens is 186 g/mol. The molecular formula is C13H19NO. The number of rotatable bonds is 3. The summed E-state index contributed by atoms with van der Waals surface area (Å²) in [6, 6.07) is 8.36. The van der Waals surface area contributed by atoms with Crippen molar-refractivity contribution in [3.05, 3.63) is 29.8 Å². The van der Waals surface area contributed by atoms with Gasteiger partial charge in [0.15, 0.2) is 0 Å². The van der Waals surface area contributed by atoms with Crippen molar-refractivity contribution in [2.24, 2.45) is 11.7 Å². The van der Waals surface area contributed by atoms with Crippen molar-refractivity contribution in [2.45, 2.75) is 31.7 Å². The zero-order chi connectivity index (χ0) is 10.7. The number of ether oxygens (including phenoxy) is 1. The Morgan fingerprint density at radius 3 is 2.33 bits per heavy atom. The van der Waals surface area contributed by atoms with Gasteiger partial charge >= 0.3 is 0 Å². The summed E-state index contributed by atoms with van der Waals surface area (Å²) in [5.41, 5.74) is 7.49. The number of hydrogen-bond acceptors (Lipinski definition) is 2. The Balaban J connectivity index is 2.07. The average Bonchev–Trinajstić information content (AvgIpc) is 2.82. The Kier molecular flexibility index (Phi) is 3.27. The molecule has 1 atom stereocenters. The second kappa shape index (κ2) is 4.67. The molecule has 2 N–H and O–H groups in total. The highest BCUT2D eigenvalue weighted by Gasteiger charge is 2.22. The minimum absolute atomic E-state index is 0.207. The predicted molar refractivity (Wildman–Crippen MR) is 61.9 cm³/mol. The van der Waals surface area contributed by atoms with Crippen molar-refractivity contribution in [1.29, 1.82) is 0 Å². The van der Waals surface area contributed by atoms with Crippen molar-refractivity contribution in [3.63, 3.8) is 0 Å². The van der Waals surface area contributed by atoms with E-state index in [9.17, 15) is 0 Å². The number of hydrogen-bond donors (Lipinski definition) is 1. The van der Waals surface area contributed by atoms with Gasteiger partial charge in [0.2, 0.25) is 0 Å². The Bertz CT molecular complexity index is 301. The van der Waals surface area contributed by atoms with Gasteiger partial charge in [-0.2, -0.15) is 0 Å². The highest BCUT2D eigenvalue weighted by Crippen LogP contribution is 2.34. The van der Waals surface area contributed by atoms with E-state index in [1.807, 2.05) is 12.1 Å². The normalized spacial score (nSPS) is 19.1. The maximum Gasteiger partial charge on any atom is 0.118 e. The lowest BCUT2D eigenvalue weighted by Crippen LogP contribution is -2.18. The van der Waals surface area contributed by atoms with Crippen LogP contribution in [0, 0.1) is 5.92 Å². The highest BCUT2D eigenvalue weighted by molar-refractivity contribution is 5.29. The molecule has 1 aromatic rings. The summed E-state index contributed by atoms with van der Waals surface area (Å²) in [5.74, 6) is 1.58. The summed E-state index contributed by atoms with van der Waals surface area (Å²) in [5, 5.41) is 0. The molecule has 0 radical (unpaired) electrons. The molecule has 1 aliphatic carbocycles. The van der Waals surface area contributed by atoms with Crippen LogP contribution in [-0.2, 0) is 0 Å². The van der Waals surface area contributed by atoms with E-state index in [0.717, 1.165) is 5.75 Å². The fourth-order valence-corrected chi connectivity index (χ4v) is 2.41. The standard InChI is InChI=1S/C13H19NO/c1-15-12-8-6-11(7-9-12)13(14)10-4-2-3-5-10/h6-10,13H,2-5,14H2,1H3. The van der Waals surface area contributed by atoms with E-state index in [0.29, 0.717) is 5.92 Å². The van der Waals surface area contributed by atoms with Crippen molar-refractivity contribution in [1.82, 2.24) is 0 Å². The van der Waals surface area contributed by atoms with E-state index in [1.165, 1.54) is 31.2 Å². The van der Waals surface area contributed by atoms with E-state index >= 15 is 0 Å². The summed E-state index contributed by atoms with van der Waals surface area (Å²) in [7, 11) is 1.69. The maximum atomic E-state index is 6.25. The molecule has 1 saturated carbocycles. The third-order valence-corrected chi connectivity index (χ3v) is 3.41. The third-order valence-electron chi connectivity index (χ3n) is 3.41. The van der Waals surface area contributed by atoms with Crippen LogP contribution in [0.15, 0.2) is 24.3 Å². The Morgan fingerprint density at radius 2 is 1.80 bits per heavy atom. The van der Waals surface area contributed by atoms with Crippen LogP contribution in [0.5, 0.6) is 5.75 Å². The molecule has 0 spiro atoms. The second-order valence-corrected chi connectivity index (χ2v) is 4.34. The number of nitrogens with two attached hydrogens (primary N) is 1. The molecule has 1 unspecified atom stereocenters. The van der Waals surface area contributed by atoms with E-state index in [4.69, 9.17) is 10.5 Å². The lowest BCUT2D eigenvalue weighted by Gasteiger charge is -2.19. The van der Waals surface area contributed by atoms with Crippen LogP contribution in [-0.4, -0.2) is 7.11 Å². The van der Waals surface area contributed by atoms with E-state index in [2.05, 4.69) is 12.1 Å². The zero-order valence-electron chi connectivity index (χ0n) is 9.28. The van der Waals surface area contributed by atoms with E-state index in [1.54, 1.807) is 7.11 Å². The first kappa shape index (κ1) is 10.5. The molecule has 82 valence electrons. The van der Waals surface area contributed by atoms with Crippen molar-refractivity contribution in [2.75, 3.05) is 7.11 Å². The van der Waals surface area contributed by atoms with Crippen LogP contribution in [0.1, 0.15) is 37.3 Å². The van der Waals surface area contributed by atoms with E-state index < -0.39 is 0 Å². The molecule has 0 heterocycles. The largest absolute Gasteiger partial charge is 0.497 e. The molecule has 2 heteroatoms. The molecule has 1 aliphatic rings. The van der Waals surface area contributed by atoms with Crippen LogP contribution >= 0.6 is 0 Å². The first-order valence-electron chi connectivity index (χ1n) is 5.71. The van der Waals surface area contributed by atoms with Crippen LogP contribution in [0.25, 0.3) is 0 Å². The van der Waals surface area contributed by atoms with Gasteiger partial charge in [-0.05, 0) is 36.5 Å². The van der Waals surface area contributed by atoms with Gasteiger partial charge in [0.05, 0.1) is 7.11 Å². The van der Waals surface area contributed by atoms with Crippen LogP contribution < -0.4 is 10.5 Å². The molecule has 1 fully saturated rings. The molecule has 15 heavy (non-hydrogen) atoms. The second-order valence-electron chi connectivity index (χ2n) is 4.34. The SMILES string of the molecule is COc1ccc(C(N)C2CCCC2)cc1. The van der Waals surface area contributed by atoms with Gasteiger partial charge in [0.1, 0.15) is 5.75 Å². The van der Waals surface area contributed by atoms with E-state index in [-0.39, 0.29) is 6.04 Å². The molecule has 0 bridgehead atoms. The maximum absolute atomic E-state index is 6.25. The fraction of sp³-hybridized carbons (Fsp3) is 0.538. The van der Waals surface area contributed by atoms with Gasteiger partial charge in [-0.3, -0.25) is 0 Å². The monoisotopic (exact) mass is 205 g/mol. The summed E-state index contributed by atoms with van der Waals surface area (Å²) >= 11 is 0. The Labute approximate surface area is 91.4 Å². The van der Waals surface area contributed by atoms with Gasteiger partial charge in [-0.25, -0.2) is 0 Å². The smallest absolute Gasteiger partial charge is 0.118 e. The molecule has 0 saturated heterocycles. The molecule has 1 aromatic carbocycles. The summed E-state index contributed by atoms with van der Waals surface area (Å²) < 4.78 is 5.13. The predicted octanol–water partition coefficient (Wildman–Crippen LogP) is 2.89. The van der Waals surface area contributed by atoms with Gasteiger partial charge in [-0.15, -0.1) is 0 Å². The summed E-state index contributed by atoms with van der Waals surface area (Å²) in [4.78, 5) is 0. The first-order chi connectivity index (χ1) is 7.31. The molecule has 0 aliphatic heterocycles. The molecule has 0 aromatic heterocycles. The molecule has 0 amide bonds. The van der Waals surface area contributed by atoms with Gasteiger partial charge in [-0.1, -0.05) is 25.0 Å². The van der Waals surface area contributed by atoms with Crippen molar-refractivity contribution >= 4 is 0 Å². The first-order valence-corrected chi connectivity index (χ1v) is 5.71. The number of benzene rings is 1. The summed E-state index contributed by atoms with van der Waals surface area (Å²) in [6.45, 7) is 0. The fourth-order valence-electron chi connectivity index (χ4n) is 2.41. The molecule has 2 rings (SSSR count). The van der Waals surface area contributed by atoms with Crippen LogP contribution in [0.3, 0.4) is 0 Å². The minimum Gasteiger partial charge on any atom is -0.497 e. The Morgan fingerprint density at radius 1 is 1.20 bits per heavy atom. The van der Waals surface area contributed by atoms with Crippen LogP contribution in [0.2, 0.25) is 0 Å². The number of methoxy groups -OCH3 is 1. The third kappa shape index (κ3) is 2.32. The average molecular weight is 205 g/mol. The van der Waals surface area contributed by atoms with Gasteiger partial charge in [0, 0.05) is 6.04 Å². The van der Waals surface area contributed by atoms with Gasteiger partial charge < -0.3 is 10.5 Å². The summed E-state index contributed by atoms with van der Waals surface area (Å²) in [6.07, 6.45) is 5.25. The van der Waals surface area contributed by atoms with Gasteiger partial charge in [0.25, 0.3) is 0 Å². The van der Waals surface area contributed by atoms with Crippen molar-refractivity contribution in [3.8, 4) is 5.75 Å². The lowest BCUT2D eigenvalue weighted by atomic mass is 9.92. The zero-order valence-corrected chi connectivity index (χ0v) is 9.28. The topological polar surface area (TPSA) is 35.2 Å². The lowest BCUT2D eigenvalue weighted by molar-refractivity contribution is 0.413. The highest BCUT2D eigenvalue weighted by atomic mass is 16.5. The van der Waals surface area contributed by atoms with Crippen molar-refractivity contribution < 1.29 is 4.74 Å². The molecule has 2 nitrogen and oxygen atoms in total.